The highest BCUT2D eigenvalue weighted by atomic mass is 16.1. The average Bonchev–Trinajstić information content (AvgIpc) is 2.61. The fourth-order valence-corrected chi connectivity index (χ4v) is 3.14. The van der Waals surface area contributed by atoms with E-state index in [1.54, 1.807) is 6.20 Å². The number of aromatic nitrogens is 1. The van der Waals surface area contributed by atoms with Crippen molar-refractivity contribution in [3.8, 4) is 0 Å². The Morgan fingerprint density at radius 2 is 1.56 bits per heavy atom. The van der Waals surface area contributed by atoms with Crippen LogP contribution in [0.3, 0.4) is 0 Å². The van der Waals surface area contributed by atoms with Crippen LogP contribution in [0.4, 0.5) is 17.2 Å². The van der Waals surface area contributed by atoms with Crippen molar-refractivity contribution in [3.63, 3.8) is 0 Å². The van der Waals surface area contributed by atoms with Crippen LogP contribution in [0, 0.1) is 27.7 Å². The van der Waals surface area contributed by atoms with Gasteiger partial charge in [0.25, 0.3) is 0 Å². The summed E-state index contributed by atoms with van der Waals surface area (Å²) in [6.07, 6.45) is 2.02. The summed E-state index contributed by atoms with van der Waals surface area (Å²) in [4.78, 5) is 16.6. The number of nitrogens with one attached hydrogen (secondary N) is 2. The molecule has 0 spiro atoms. The van der Waals surface area contributed by atoms with Crippen molar-refractivity contribution >= 4 is 23.1 Å². The molecule has 1 amide bonds. The summed E-state index contributed by atoms with van der Waals surface area (Å²) in [5, 5.41) is 6.27. The first-order valence-electron chi connectivity index (χ1n) is 9.07. The molecule has 0 saturated carbocycles. The minimum atomic E-state index is -0.0495. The molecule has 0 radical (unpaired) electrons. The lowest BCUT2D eigenvalue weighted by Gasteiger charge is -2.13. The standard InChI is InChI=1S/C23H25N3O/c1-15-5-7-19(8-6-15)13-22(27)25-20-9-10-21(24-14-20)26-23-17(3)11-16(2)12-18(23)4/h5-12,14H,13H2,1-4H3,(H,24,26)(H,25,27). The number of amides is 1. The maximum atomic E-state index is 12.2. The Labute approximate surface area is 160 Å². The van der Waals surface area contributed by atoms with E-state index in [0.717, 1.165) is 17.1 Å². The zero-order valence-corrected chi connectivity index (χ0v) is 16.3. The Morgan fingerprint density at radius 1 is 0.889 bits per heavy atom. The zero-order valence-electron chi connectivity index (χ0n) is 16.3. The van der Waals surface area contributed by atoms with Crippen molar-refractivity contribution in [2.45, 2.75) is 34.1 Å². The van der Waals surface area contributed by atoms with E-state index in [0.29, 0.717) is 12.1 Å². The van der Waals surface area contributed by atoms with Crippen molar-refractivity contribution < 1.29 is 4.79 Å². The number of pyridine rings is 1. The van der Waals surface area contributed by atoms with Crippen molar-refractivity contribution in [2.24, 2.45) is 0 Å². The van der Waals surface area contributed by atoms with Gasteiger partial charge in [-0.1, -0.05) is 47.5 Å². The number of anilines is 3. The highest BCUT2D eigenvalue weighted by Gasteiger charge is 2.07. The van der Waals surface area contributed by atoms with Crippen LogP contribution >= 0.6 is 0 Å². The number of hydrogen-bond acceptors (Lipinski definition) is 3. The molecule has 27 heavy (non-hydrogen) atoms. The monoisotopic (exact) mass is 359 g/mol. The molecule has 0 atom stereocenters. The predicted molar refractivity (Wildman–Crippen MR) is 112 cm³/mol. The Hall–Kier alpha value is -3.14. The minimum absolute atomic E-state index is 0.0495. The maximum absolute atomic E-state index is 12.2. The van der Waals surface area contributed by atoms with Gasteiger partial charge in [0, 0.05) is 5.69 Å². The minimum Gasteiger partial charge on any atom is -0.340 e. The largest absolute Gasteiger partial charge is 0.340 e. The van der Waals surface area contributed by atoms with E-state index in [1.165, 1.54) is 22.3 Å². The molecule has 0 aliphatic carbocycles. The lowest BCUT2D eigenvalue weighted by molar-refractivity contribution is -0.115. The summed E-state index contributed by atoms with van der Waals surface area (Å²) in [6, 6.07) is 16.0. The topological polar surface area (TPSA) is 54.0 Å². The third-order valence-electron chi connectivity index (χ3n) is 4.46. The summed E-state index contributed by atoms with van der Waals surface area (Å²) in [7, 11) is 0. The number of aryl methyl sites for hydroxylation is 4. The van der Waals surface area contributed by atoms with Gasteiger partial charge in [-0.25, -0.2) is 4.98 Å². The second-order valence-electron chi connectivity index (χ2n) is 7.04. The van der Waals surface area contributed by atoms with Crippen LogP contribution in [-0.2, 0) is 11.2 Å². The molecule has 1 aromatic heterocycles. The molecule has 2 N–H and O–H groups in total. The lowest BCUT2D eigenvalue weighted by atomic mass is 10.1. The zero-order chi connectivity index (χ0) is 19.4. The second-order valence-corrected chi connectivity index (χ2v) is 7.04. The molecular weight excluding hydrogens is 334 g/mol. The third-order valence-corrected chi connectivity index (χ3v) is 4.46. The van der Waals surface area contributed by atoms with Gasteiger partial charge < -0.3 is 10.6 Å². The Bertz CT molecular complexity index is 921. The molecule has 3 rings (SSSR count). The van der Waals surface area contributed by atoms with E-state index in [2.05, 4.69) is 48.5 Å². The maximum Gasteiger partial charge on any atom is 0.228 e. The fourth-order valence-electron chi connectivity index (χ4n) is 3.14. The van der Waals surface area contributed by atoms with E-state index < -0.39 is 0 Å². The molecule has 0 saturated heterocycles. The van der Waals surface area contributed by atoms with Crippen LogP contribution in [0.2, 0.25) is 0 Å². The van der Waals surface area contributed by atoms with Gasteiger partial charge in [-0.05, 0) is 56.5 Å². The predicted octanol–water partition coefficient (Wildman–Crippen LogP) is 5.24. The van der Waals surface area contributed by atoms with Gasteiger partial charge in [0.2, 0.25) is 5.91 Å². The first-order valence-corrected chi connectivity index (χ1v) is 9.07. The molecule has 0 aliphatic heterocycles. The number of rotatable bonds is 5. The van der Waals surface area contributed by atoms with Crippen LogP contribution in [0.5, 0.6) is 0 Å². The van der Waals surface area contributed by atoms with E-state index >= 15 is 0 Å². The van der Waals surface area contributed by atoms with Gasteiger partial charge in [0.1, 0.15) is 5.82 Å². The van der Waals surface area contributed by atoms with Gasteiger partial charge in [0.05, 0.1) is 18.3 Å². The molecule has 0 fully saturated rings. The van der Waals surface area contributed by atoms with Crippen LogP contribution in [0.15, 0.2) is 54.7 Å². The van der Waals surface area contributed by atoms with Gasteiger partial charge in [-0.3, -0.25) is 4.79 Å². The van der Waals surface area contributed by atoms with Gasteiger partial charge in [-0.2, -0.15) is 0 Å². The van der Waals surface area contributed by atoms with E-state index in [1.807, 2.05) is 43.3 Å². The number of benzene rings is 2. The Morgan fingerprint density at radius 3 is 2.15 bits per heavy atom. The van der Waals surface area contributed by atoms with Crippen molar-refractivity contribution in [1.82, 2.24) is 4.98 Å². The summed E-state index contributed by atoms with van der Waals surface area (Å²) in [5.41, 5.74) is 7.56. The van der Waals surface area contributed by atoms with Crippen LogP contribution in [0.1, 0.15) is 27.8 Å². The number of hydrogen-bond donors (Lipinski definition) is 2. The summed E-state index contributed by atoms with van der Waals surface area (Å²) in [6.45, 7) is 8.30. The van der Waals surface area contributed by atoms with Gasteiger partial charge in [0.15, 0.2) is 0 Å². The van der Waals surface area contributed by atoms with E-state index in [4.69, 9.17) is 0 Å². The first kappa shape index (κ1) is 18.6. The Kier molecular flexibility index (Phi) is 5.55. The third kappa shape index (κ3) is 4.94. The molecular formula is C23H25N3O. The summed E-state index contributed by atoms with van der Waals surface area (Å²) in [5.74, 6) is 0.702. The first-order chi connectivity index (χ1) is 12.9. The number of carbonyl (C=O) groups excluding carboxylic acids is 1. The highest BCUT2D eigenvalue weighted by molar-refractivity contribution is 5.92. The second kappa shape index (κ2) is 8.04. The number of nitrogens with zero attached hydrogens (tertiary/aromatic N) is 1. The van der Waals surface area contributed by atoms with Crippen LogP contribution in [-0.4, -0.2) is 10.9 Å². The smallest absolute Gasteiger partial charge is 0.228 e. The SMILES string of the molecule is Cc1ccc(CC(=O)Nc2ccc(Nc3c(C)cc(C)cc3C)nc2)cc1. The van der Waals surface area contributed by atoms with Gasteiger partial charge >= 0.3 is 0 Å². The lowest BCUT2D eigenvalue weighted by Crippen LogP contribution is -2.14. The molecule has 3 aromatic rings. The molecule has 2 aromatic carbocycles. The van der Waals surface area contributed by atoms with E-state index in [-0.39, 0.29) is 5.91 Å². The normalized spacial score (nSPS) is 10.5. The van der Waals surface area contributed by atoms with Crippen LogP contribution in [0.25, 0.3) is 0 Å². The number of carbonyl (C=O) groups is 1. The molecule has 138 valence electrons. The molecule has 4 nitrogen and oxygen atoms in total. The summed E-state index contributed by atoms with van der Waals surface area (Å²) >= 11 is 0. The van der Waals surface area contributed by atoms with Crippen molar-refractivity contribution in [2.75, 3.05) is 10.6 Å². The fraction of sp³-hybridized carbons (Fsp3) is 0.217. The average molecular weight is 359 g/mol. The molecule has 0 unspecified atom stereocenters. The molecule has 0 aliphatic rings. The quantitative estimate of drug-likeness (QED) is 0.655. The summed E-state index contributed by atoms with van der Waals surface area (Å²) < 4.78 is 0. The molecule has 4 heteroatoms. The van der Waals surface area contributed by atoms with Crippen molar-refractivity contribution in [1.29, 1.82) is 0 Å². The Balaban J connectivity index is 1.63. The van der Waals surface area contributed by atoms with Gasteiger partial charge in [-0.15, -0.1) is 0 Å². The highest BCUT2D eigenvalue weighted by Crippen LogP contribution is 2.25. The van der Waals surface area contributed by atoms with E-state index in [9.17, 15) is 4.79 Å². The molecule has 0 bridgehead atoms. The van der Waals surface area contributed by atoms with Crippen molar-refractivity contribution in [3.05, 3.63) is 82.5 Å². The van der Waals surface area contributed by atoms with Crippen LogP contribution < -0.4 is 10.6 Å². The molecule has 1 heterocycles.